The van der Waals surface area contributed by atoms with Crippen molar-refractivity contribution >= 4 is 27.2 Å². The van der Waals surface area contributed by atoms with Crippen molar-refractivity contribution in [1.29, 1.82) is 0 Å². The van der Waals surface area contributed by atoms with Crippen LogP contribution in [-0.4, -0.2) is 4.98 Å². The largest absolute Gasteiger partial charge is 0.486 e. The topological polar surface area (TPSA) is 48.1 Å². The van der Waals surface area contributed by atoms with Crippen LogP contribution in [0.25, 0.3) is 10.2 Å². The first-order valence-corrected chi connectivity index (χ1v) is 6.87. The first-order valence-electron chi connectivity index (χ1n) is 6.05. The van der Waals surface area contributed by atoms with E-state index >= 15 is 0 Å². The molecule has 0 aliphatic rings. The van der Waals surface area contributed by atoms with Crippen LogP contribution < -0.4 is 10.5 Å². The van der Waals surface area contributed by atoms with Crippen molar-refractivity contribution in [3.05, 3.63) is 53.0 Å². The molecule has 0 saturated carbocycles. The molecule has 0 fully saturated rings. The normalized spacial score (nSPS) is 10.8. The van der Waals surface area contributed by atoms with Crippen molar-refractivity contribution < 1.29 is 4.74 Å². The number of nitrogens with zero attached hydrogens (tertiary/aromatic N) is 1. The summed E-state index contributed by atoms with van der Waals surface area (Å²) < 4.78 is 6.90. The van der Waals surface area contributed by atoms with E-state index in [1.807, 2.05) is 30.3 Å². The van der Waals surface area contributed by atoms with E-state index in [0.717, 1.165) is 22.0 Å². The summed E-state index contributed by atoms with van der Waals surface area (Å²) >= 11 is 1.67. The quantitative estimate of drug-likeness (QED) is 0.737. The van der Waals surface area contributed by atoms with Gasteiger partial charge in [-0.1, -0.05) is 6.07 Å². The minimum absolute atomic E-state index is 0.488. The molecule has 0 aliphatic carbocycles. The van der Waals surface area contributed by atoms with Crippen molar-refractivity contribution in [3.63, 3.8) is 0 Å². The summed E-state index contributed by atoms with van der Waals surface area (Å²) in [6, 6.07) is 13.7. The van der Waals surface area contributed by atoms with E-state index in [4.69, 9.17) is 10.5 Å². The first kappa shape index (κ1) is 12.0. The highest BCUT2D eigenvalue weighted by molar-refractivity contribution is 7.18. The molecule has 3 nitrogen and oxygen atoms in total. The molecule has 0 unspecified atom stereocenters. The lowest BCUT2D eigenvalue weighted by Crippen LogP contribution is -1.94. The molecule has 4 heteroatoms. The number of nitrogens with two attached hydrogens (primary N) is 1. The maximum atomic E-state index is 5.70. The minimum atomic E-state index is 0.488. The Balaban J connectivity index is 1.76. The summed E-state index contributed by atoms with van der Waals surface area (Å²) in [5.74, 6) is 0.810. The number of fused-ring (bicyclic) bond motifs is 1. The molecule has 0 spiro atoms. The fraction of sp³-hybridized carbons (Fsp3) is 0.133. The SMILES string of the molecule is Cc1ccc2nc(COc3ccc(N)cc3)sc2c1. The highest BCUT2D eigenvalue weighted by atomic mass is 32.1. The van der Waals surface area contributed by atoms with Crippen molar-refractivity contribution in [3.8, 4) is 5.75 Å². The standard InChI is InChI=1S/C15H14N2OS/c1-10-2-7-13-14(8-10)19-15(17-13)9-18-12-5-3-11(16)4-6-12/h2-8H,9,16H2,1H3. The van der Waals surface area contributed by atoms with E-state index in [1.165, 1.54) is 10.3 Å². The van der Waals surface area contributed by atoms with Gasteiger partial charge in [0.2, 0.25) is 0 Å². The smallest absolute Gasteiger partial charge is 0.140 e. The van der Waals surface area contributed by atoms with Gasteiger partial charge >= 0.3 is 0 Å². The van der Waals surface area contributed by atoms with Gasteiger partial charge in [0, 0.05) is 5.69 Å². The zero-order valence-electron chi connectivity index (χ0n) is 10.6. The van der Waals surface area contributed by atoms with Crippen molar-refractivity contribution in [2.45, 2.75) is 13.5 Å². The second-order valence-electron chi connectivity index (χ2n) is 4.44. The van der Waals surface area contributed by atoms with E-state index < -0.39 is 0 Å². The average molecular weight is 270 g/mol. The number of benzene rings is 2. The van der Waals surface area contributed by atoms with Crippen LogP contribution in [0.2, 0.25) is 0 Å². The number of anilines is 1. The predicted octanol–water partition coefficient (Wildman–Crippen LogP) is 3.77. The molecule has 2 aromatic carbocycles. The van der Waals surface area contributed by atoms with Crippen LogP contribution in [0.1, 0.15) is 10.6 Å². The van der Waals surface area contributed by atoms with Crippen LogP contribution in [0.4, 0.5) is 5.69 Å². The molecular weight excluding hydrogens is 256 g/mol. The Morgan fingerprint density at radius 1 is 1.16 bits per heavy atom. The van der Waals surface area contributed by atoms with E-state index in [-0.39, 0.29) is 0 Å². The number of aryl methyl sites for hydroxylation is 1. The summed E-state index contributed by atoms with van der Waals surface area (Å²) in [4.78, 5) is 4.56. The highest BCUT2D eigenvalue weighted by Gasteiger charge is 2.04. The molecule has 19 heavy (non-hydrogen) atoms. The Labute approximate surface area is 115 Å². The van der Waals surface area contributed by atoms with Crippen molar-refractivity contribution in [1.82, 2.24) is 4.98 Å². The summed E-state index contributed by atoms with van der Waals surface area (Å²) in [6.45, 7) is 2.58. The number of thiazole rings is 1. The van der Waals surface area contributed by atoms with E-state index in [0.29, 0.717) is 6.61 Å². The Hall–Kier alpha value is -2.07. The van der Waals surface area contributed by atoms with Gasteiger partial charge in [0.1, 0.15) is 17.4 Å². The average Bonchev–Trinajstić information content (AvgIpc) is 2.80. The van der Waals surface area contributed by atoms with Crippen LogP contribution >= 0.6 is 11.3 Å². The number of nitrogen functional groups attached to an aromatic ring is 1. The zero-order valence-corrected chi connectivity index (χ0v) is 11.4. The van der Waals surface area contributed by atoms with Gasteiger partial charge in [-0.3, -0.25) is 0 Å². The Kier molecular flexibility index (Phi) is 3.09. The van der Waals surface area contributed by atoms with Gasteiger partial charge in [0.15, 0.2) is 0 Å². The highest BCUT2D eigenvalue weighted by Crippen LogP contribution is 2.24. The van der Waals surface area contributed by atoms with Crippen LogP contribution in [-0.2, 0) is 6.61 Å². The van der Waals surface area contributed by atoms with Crippen LogP contribution in [0.3, 0.4) is 0 Å². The number of hydrogen-bond donors (Lipinski definition) is 1. The molecule has 2 N–H and O–H groups in total. The minimum Gasteiger partial charge on any atom is -0.486 e. The third-order valence-corrected chi connectivity index (χ3v) is 3.82. The third kappa shape index (κ3) is 2.69. The van der Waals surface area contributed by atoms with E-state index in [2.05, 4.69) is 24.0 Å². The second-order valence-corrected chi connectivity index (χ2v) is 5.55. The molecule has 0 aliphatic heterocycles. The number of hydrogen-bond acceptors (Lipinski definition) is 4. The van der Waals surface area contributed by atoms with Gasteiger partial charge in [0.05, 0.1) is 10.2 Å². The summed E-state index contributed by atoms with van der Waals surface area (Å²) in [6.07, 6.45) is 0. The Bertz CT molecular complexity index is 704. The summed E-state index contributed by atoms with van der Waals surface area (Å²) in [5.41, 5.74) is 8.66. The van der Waals surface area contributed by atoms with Crippen LogP contribution in [0, 0.1) is 6.92 Å². The molecule has 3 aromatic rings. The van der Waals surface area contributed by atoms with Gasteiger partial charge in [-0.25, -0.2) is 4.98 Å². The van der Waals surface area contributed by atoms with Gasteiger partial charge in [-0.05, 0) is 48.9 Å². The lowest BCUT2D eigenvalue weighted by atomic mass is 10.2. The van der Waals surface area contributed by atoms with Gasteiger partial charge in [-0.2, -0.15) is 0 Å². The Morgan fingerprint density at radius 2 is 1.95 bits per heavy atom. The third-order valence-electron chi connectivity index (χ3n) is 2.83. The number of rotatable bonds is 3. The monoisotopic (exact) mass is 270 g/mol. The van der Waals surface area contributed by atoms with E-state index in [9.17, 15) is 0 Å². The first-order chi connectivity index (χ1) is 9.20. The molecule has 3 rings (SSSR count). The van der Waals surface area contributed by atoms with E-state index in [1.54, 1.807) is 11.3 Å². The van der Waals surface area contributed by atoms with Gasteiger partial charge < -0.3 is 10.5 Å². The zero-order chi connectivity index (χ0) is 13.2. The van der Waals surface area contributed by atoms with Crippen LogP contribution in [0.15, 0.2) is 42.5 Å². The molecule has 0 saturated heterocycles. The molecule has 0 atom stereocenters. The van der Waals surface area contributed by atoms with Gasteiger partial charge in [-0.15, -0.1) is 11.3 Å². The molecule has 1 heterocycles. The predicted molar refractivity (Wildman–Crippen MR) is 79.5 cm³/mol. The maximum absolute atomic E-state index is 5.70. The van der Waals surface area contributed by atoms with Crippen molar-refractivity contribution in [2.24, 2.45) is 0 Å². The summed E-state index contributed by atoms with van der Waals surface area (Å²) in [7, 11) is 0. The Morgan fingerprint density at radius 3 is 2.74 bits per heavy atom. The lowest BCUT2D eigenvalue weighted by molar-refractivity contribution is 0.306. The number of ether oxygens (including phenoxy) is 1. The number of aromatic nitrogens is 1. The fourth-order valence-electron chi connectivity index (χ4n) is 1.85. The van der Waals surface area contributed by atoms with Crippen molar-refractivity contribution in [2.75, 3.05) is 5.73 Å². The fourth-order valence-corrected chi connectivity index (χ4v) is 2.83. The molecule has 0 radical (unpaired) electrons. The maximum Gasteiger partial charge on any atom is 0.140 e. The molecule has 1 aromatic heterocycles. The molecular formula is C15H14N2OS. The van der Waals surface area contributed by atoms with Crippen LogP contribution in [0.5, 0.6) is 5.75 Å². The molecule has 96 valence electrons. The van der Waals surface area contributed by atoms with Gasteiger partial charge in [0.25, 0.3) is 0 Å². The summed E-state index contributed by atoms with van der Waals surface area (Å²) in [5, 5.41) is 0.984. The molecule has 0 amide bonds. The second kappa shape index (κ2) is 4.90. The molecule has 0 bridgehead atoms. The lowest BCUT2D eigenvalue weighted by Gasteiger charge is -2.03.